The van der Waals surface area contributed by atoms with Crippen molar-refractivity contribution in [3.8, 4) is 11.1 Å². The minimum atomic E-state index is -0.0678. The topological polar surface area (TPSA) is 89.2 Å². The summed E-state index contributed by atoms with van der Waals surface area (Å²) < 4.78 is 0. The normalized spacial score (nSPS) is 15.1. The lowest BCUT2D eigenvalue weighted by Gasteiger charge is -2.30. The molecule has 0 saturated carbocycles. The molecule has 1 saturated heterocycles. The van der Waals surface area contributed by atoms with E-state index in [0.717, 1.165) is 37.1 Å². The monoisotopic (exact) mass is 352 g/mol. The van der Waals surface area contributed by atoms with E-state index in [1.54, 1.807) is 18.5 Å². The Bertz CT molecular complexity index is 826. The molecular formula is C20H24N4O2. The van der Waals surface area contributed by atoms with E-state index in [-0.39, 0.29) is 23.9 Å². The second kappa shape index (κ2) is 7.64. The van der Waals surface area contributed by atoms with Gasteiger partial charge in [-0.1, -0.05) is 6.92 Å². The Labute approximate surface area is 153 Å². The van der Waals surface area contributed by atoms with Crippen LogP contribution in [0.2, 0.25) is 0 Å². The molecule has 2 aromatic heterocycles. The lowest BCUT2D eigenvalue weighted by Crippen LogP contribution is -2.38. The number of hydrogen-bond acceptors (Lipinski definition) is 5. The number of Topliss-reactive ketones (excluding diaryl/α,β-unsaturated/α-hetero) is 1. The van der Waals surface area contributed by atoms with Crippen molar-refractivity contribution >= 4 is 17.5 Å². The first-order valence-corrected chi connectivity index (χ1v) is 8.93. The van der Waals surface area contributed by atoms with Gasteiger partial charge in [-0.05, 0) is 49.4 Å². The van der Waals surface area contributed by atoms with Crippen LogP contribution < -0.4 is 5.73 Å². The molecule has 0 atom stereocenters. The molecule has 2 aromatic rings. The Balaban J connectivity index is 1.88. The number of anilines is 1. The Morgan fingerprint density at radius 2 is 1.92 bits per heavy atom. The maximum atomic E-state index is 12.9. The van der Waals surface area contributed by atoms with Crippen LogP contribution in [0.4, 0.5) is 5.82 Å². The molecule has 1 aliphatic rings. The summed E-state index contributed by atoms with van der Waals surface area (Å²) in [6.45, 7) is 5.25. The van der Waals surface area contributed by atoms with E-state index in [1.165, 1.54) is 6.92 Å². The lowest BCUT2D eigenvalue weighted by molar-refractivity contribution is -0.116. The molecule has 6 heteroatoms. The van der Waals surface area contributed by atoms with E-state index in [1.807, 2.05) is 17.0 Å². The van der Waals surface area contributed by atoms with Crippen LogP contribution in [0.25, 0.3) is 11.1 Å². The Morgan fingerprint density at radius 3 is 2.62 bits per heavy atom. The van der Waals surface area contributed by atoms with Crippen molar-refractivity contribution in [2.24, 2.45) is 5.92 Å². The highest BCUT2D eigenvalue weighted by Crippen LogP contribution is 2.25. The van der Waals surface area contributed by atoms with Crippen LogP contribution in [-0.4, -0.2) is 39.6 Å². The number of aromatic nitrogens is 2. The number of nitrogen functional groups attached to an aromatic ring is 1. The van der Waals surface area contributed by atoms with Crippen LogP contribution in [0.3, 0.4) is 0 Å². The molecule has 2 N–H and O–H groups in total. The molecule has 1 amide bonds. The first-order valence-electron chi connectivity index (χ1n) is 8.93. The maximum absolute atomic E-state index is 12.9. The van der Waals surface area contributed by atoms with Gasteiger partial charge in [-0.2, -0.15) is 0 Å². The molecule has 1 aliphatic heterocycles. The van der Waals surface area contributed by atoms with Gasteiger partial charge in [0.2, 0.25) is 0 Å². The molecule has 0 radical (unpaired) electrons. The summed E-state index contributed by atoms with van der Waals surface area (Å²) in [5.41, 5.74) is 8.77. The van der Waals surface area contributed by atoms with E-state index >= 15 is 0 Å². The van der Waals surface area contributed by atoms with Crippen LogP contribution in [0.5, 0.6) is 0 Å². The molecule has 0 unspecified atom stereocenters. The number of carbonyl (C=O) groups excluding carboxylic acids is 2. The smallest absolute Gasteiger partial charge is 0.257 e. The molecule has 1 fully saturated rings. The van der Waals surface area contributed by atoms with E-state index in [2.05, 4.69) is 16.9 Å². The van der Waals surface area contributed by atoms with Crippen molar-refractivity contribution in [2.75, 3.05) is 18.8 Å². The number of piperidine rings is 1. The molecule has 0 aliphatic carbocycles. The third kappa shape index (κ3) is 4.07. The summed E-state index contributed by atoms with van der Waals surface area (Å²) in [5.74, 6) is 0.884. The van der Waals surface area contributed by atoms with Crippen LogP contribution in [-0.2, 0) is 11.2 Å². The second-order valence-electron chi connectivity index (χ2n) is 7.05. The van der Waals surface area contributed by atoms with Crippen molar-refractivity contribution in [1.82, 2.24) is 14.9 Å². The molecule has 6 nitrogen and oxygen atoms in total. The highest BCUT2D eigenvalue weighted by atomic mass is 16.2. The molecule has 0 spiro atoms. The van der Waals surface area contributed by atoms with Crippen molar-refractivity contribution in [3.05, 3.63) is 41.9 Å². The fraction of sp³-hybridized carbons (Fsp3) is 0.400. The first kappa shape index (κ1) is 18.0. The summed E-state index contributed by atoms with van der Waals surface area (Å²) in [6.07, 6.45) is 5.62. The molecule has 0 aromatic carbocycles. The zero-order valence-electron chi connectivity index (χ0n) is 15.2. The minimum Gasteiger partial charge on any atom is -0.383 e. The van der Waals surface area contributed by atoms with Gasteiger partial charge >= 0.3 is 0 Å². The maximum Gasteiger partial charge on any atom is 0.257 e. The fourth-order valence-corrected chi connectivity index (χ4v) is 3.20. The summed E-state index contributed by atoms with van der Waals surface area (Å²) in [6, 6.07) is 5.48. The van der Waals surface area contributed by atoms with Crippen molar-refractivity contribution in [3.63, 3.8) is 0 Å². The number of hydrogen-bond donors (Lipinski definition) is 1. The second-order valence-corrected chi connectivity index (χ2v) is 7.05. The van der Waals surface area contributed by atoms with Gasteiger partial charge in [0.15, 0.2) is 0 Å². The minimum absolute atomic E-state index is 0.0558. The van der Waals surface area contributed by atoms with Gasteiger partial charge in [0.25, 0.3) is 5.91 Å². The van der Waals surface area contributed by atoms with Gasteiger partial charge < -0.3 is 10.6 Å². The lowest BCUT2D eigenvalue weighted by atomic mass is 9.98. The Morgan fingerprint density at radius 1 is 1.19 bits per heavy atom. The number of pyridine rings is 2. The number of rotatable bonds is 4. The average molecular weight is 352 g/mol. The number of amides is 1. The Kier molecular flexibility index (Phi) is 5.30. The fourth-order valence-electron chi connectivity index (χ4n) is 3.20. The molecular weight excluding hydrogens is 328 g/mol. The predicted molar refractivity (Wildman–Crippen MR) is 101 cm³/mol. The molecule has 0 bridgehead atoms. The quantitative estimate of drug-likeness (QED) is 0.914. The van der Waals surface area contributed by atoms with E-state index in [4.69, 9.17) is 5.73 Å². The van der Waals surface area contributed by atoms with Gasteiger partial charge in [-0.3, -0.25) is 14.6 Å². The average Bonchev–Trinajstić information content (AvgIpc) is 2.62. The summed E-state index contributed by atoms with van der Waals surface area (Å²) in [7, 11) is 0. The van der Waals surface area contributed by atoms with Crippen LogP contribution in [0.1, 0.15) is 42.7 Å². The van der Waals surface area contributed by atoms with Crippen LogP contribution in [0.15, 0.2) is 30.6 Å². The first-order chi connectivity index (χ1) is 12.4. The standard InChI is InChI=1S/C20H24N4O2/c1-13-4-7-24(8-5-13)20(26)18-11-16(12-23-19(18)21)15-3-6-22-17(10-15)9-14(2)25/h3,6,10-13H,4-5,7-9H2,1-2H3,(H2,21,23). The van der Waals surface area contributed by atoms with Gasteiger partial charge in [0.05, 0.1) is 5.56 Å². The summed E-state index contributed by atoms with van der Waals surface area (Å²) in [4.78, 5) is 34.5. The van der Waals surface area contributed by atoms with Gasteiger partial charge in [0, 0.05) is 43.2 Å². The van der Waals surface area contributed by atoms with Crippen LogP contribution >= 0.6 is 0 Å². The van der Waals surface area contributed by atoms with E-state index in [9.17, 15) is 9.59 Å². The molecule has 26 heavy (non-hydrogen) atoms. The zero-order chi connectivity index (χ0) is 18.7. The predicted octanol–water partition coefficient (Wildman–Crippen LogP) is 2.73. The molecule has 3 rings (SSSR count). The third-order valence-corrected chi connectivity index (χ3v) is 4.80. The van der Waals surface area contributed by atoms with Crippen molar-refractivity contribution in [2.45, 2.75) is 33.1 Å². The summed E-state index contributed by atoms with van der Waals surface area (Å²) in [5, 5.41) is 0. The largest absolute Gasteiger partial charge is 0.383 e. The number of nitrogens with zero attached hydrogens (tertiary/aromatic N) is 3. The third-order valence-electron chi connectivity index (χ3n) is 4.80. The number of nitrogens with two attached hydrogens (primary N) is 1. The van der Waals surface area contributed by atoms with Gasteiger partial charge in [0.1, 0.15) is 11.6 Å². The highest BCUT2D eigenvalue weighted by Gasteiger charge is 2.23. The van der Waals surface area contributed by atoms with Crippen LogP contribution in [0, 0.1) is 5.92 Å². The number of ketones is 1. The summed E-state index contributed by atoms with van der Waals surface area (Å²) >= 11 is 0. The Hall–Kier alpha value is -2.76. The number of likely N-dealkylation sites (tertiary alicyclic amines) is 1. The molecule has 3 heterocycles. The highest BCUT2D eigenvalue weighted by molar-refractivity contribution is 5.99. The SMILES string of the molecule is CC(=O)Cc1cc(-c2cnc(N)c(C(=O)N3CCC(C)CC3)c2)ccn1. The van der Waals surface area contributed by atoms with Crippen molar-refractivity contribution in [1.29, 1.82) is 0 Å². The zero-order valence-corrected chi connectivity index (χ0v) is 15.2. The molecule has 136 valence electrons. The van der Waals surface area contributed by atoms with E-state index in [0.29, 0.717) is 17.2 Å². The van der Waals surface area contributed by atoms with Crippen molar-refractivity contribution < 1.29 is 9.59 Å². The van der Waals surface area contributed by atoms with E-state index < -0.39 is 0 Å². The number of carbonyl (C=O) groups is 2. The van der Waals surface area contributed by atoms with Gasteiger partial charge in [-0.25, -0.2) is 4.98 Å². The van der Waals surface area contributed by atoms with Gasteiger partial charge in [-0.15, -0.1) is 0 Å².